The van der Waals surface area contributed by atoms with Gasteiger partial charge < -0.3 is 19.1 Å². The van der Waals surface area contributed by atoms with Crippen molar-refractivity contribution in [1.29, 1.82) is 0 Å². The van der Waals surface area contributed by atoms with Crippen molar-refractivity contribution in [3.63, 3.8) is 0 Å². The lowest BCUT2D eigenvalue weighted by Gasteiger charge is -2.38. The lowest BCUT2D eigenvalue weighted by molar-refractivity contribution is 0.102. The van der Waals surface area contributed by atoms with E-state index in [0.717, 1.165) is 29.6 Å². The number of rotatable bonds is 6. The zero-order valence-electron chi connectivity index (χ0n) is 23.1. The first-order valence-corrected chi connectivity index (χ1v) is 15.8. The van der Waals surface area contributed by atoms with Crippen molar-refractivity contribution in [1.82, 2.24) is 24.7 Å². The molecular formula is C27H35N7O3Si. The third-order valence-electron chi connectivity index (χ3n) is 7.43. The molecule has 0 saturated carbocycles. The highest BCUT2D eigenvalue weighted by atomic mass is 28.4. The number of hydrogen-bond acceptors (Lipinski definition) is 8. The fourth-order valence-electron chi connectivity index (χ4n) is 4.38. The quantitative estimate of drug-likeness (QED) is 0.338. The molecule has 1 atom stereocenters. The molecule has 1 aliphatic rings. The second kappa shape index (κ2) is 9.63. The van der Waals surface area contributed by atoms with Crippen molar-refractivity contribution >= 4 is 36.8 Å². The molecule has 4 aromatic rings. The molecule has 11 heteroatoms. The van der Waals surface area contributed by atoms with E-state index in [0.29, 0.717) is 29.6 Å². The molecule has 1 saturated heterocycles. The first-order chi connectivity index (χ1) is 17.9. The van der Waals surface area contributed by atoms with Gasteiger partial charge in [-0.05, 0) is 49.7 Å². The summed E-state index contributed by atoms with van der Waals surface area (Å²) in [7, 11) is -0.0517. The second-order valence-corrected chi connectivity index (χ2v) is 16.2. The van der Waals surface area contributed by atoms with Crippen LogP contribution < -0.4 is 10.2 Å². The van der Waals surface area contributed by atoms with Gasteiger partial charge in [0.25, 0.3) is 5.91 Å². The monoisotopic (exact) mass is 533 g/mol. The normalized spacial score (nSPS) is 16.4. The third kappa shape index (κ3) is 5.21. The van der Waals surface area contributed by atoms with Gasteiger partial charge in [0.15, 0.2) is 25.5 Å². The van der Waals surface area contributed by atoms with Gasteiger partial charge >= 0.3 is 0 Å². The van der Waals surface area contributed by atoms with Gasteiger partial charge in [-0.1, -0.05) is 20.8 Å². The summed E-state index contributed by atoms with van der Waals surface area (Å²) < 4.78 is 14.0. The standard InChI is InChI=1S/C27H35N7O3Si/c1-17-12-18(8-10-28-17)26-30-22(16-36-26)25(35)29-21-13-19-14-33(5)32-23(19)31-24(21)34-11-9-20(15-34)37-38(6,7)27(2,3)4/h8,10,12-14,16,20H,9,11,15H2,1-7H3,(H,29,35). The summed E-state index contributed by atoms with van der Waals surface area (Å²) in [4.78, 5) is 28.9. The minimum absolute atomic E-state index is 0.114. The minimum Gasteiger partial charge on any atom is -0.444 e. The maximum atomic E-state index is 13.3. The van der Waals surface area contributed by atoms with Crippen LogP contribution in [0.25, 0.3) is 22.5 Å². The van der Waals surface area contributed by atoms with E-state index in [9.17, 15) is 4.79 Å². The highest BCUT2D eigenvalue weighted by Gasteiger charge is 2.41. The molecule has 1 amide bonds. The van der Waals surface area contributed by atoms with Crippen LogP contribution in [-0.2, 0) is 11.5 Å². The Morgan fingerprint density at radius 1 is 1.24 bits per heavy atom. The van der Waals surface area contributed by atoms with Gasteiger partial charge in [-0.25, -0.2) is 9.97 Å². The molecule has 5 rings (SSSR count). The molecule has 200 valence electrons. The number of aromatic nitrogens is 5. The predicted octanol–water partition coefficient (Wildman–Crippen LogP) is 5.18. The molecule has 0 aromatic carbocycles. The van der Waals surface area contributed by atoms with Crippen molar-refractivity contribution in [2.45, 2.75) is 58.4 Å². The average molecular weight is 534 g/mol. The zero-order valence-corrected chi connectivity index (χ0v) is 24.1. The van der Waals surface area contributed by atoms with Crippen LogP contribution in [0.2, 0.25) is 18.1 Å². The Bertz CT molecular complexity index is 1490. The largest absolute Gasteiger partial charge is 0.444 e. The molecule has 4 aromatic heterocycles. The Labute approximate surface area is 223 Å². The SMILES string of the molecule is Cc1cc(-c2nc(C(=O)Nc3cc4cn(C)nc4nc3N3CCC(O[Si](C)(C)C(C)(C)C)C3)co2)ccn1. The summed E-state index contributed by atoms with van der Waals surface area (Å²) in [6, 6.07) is 5.58. The van der Waals surface area contributed by atoms with Gasteiger partial charge in [-0.2, -0.15) is 5.10 Å². The molecule has 1 N–H and O–H groups in total. The van der Waals surface area contributed by atoms with Gasteiger partial charge in [-0.15, -0.1) is 0 Å². The van der Waals surface area contributed by atoms with Gasteiger partial charge in [0.05, 0.1) is 11.8 Å². The highest BCUT2D eigenvalue weighted by molar-refractivity contribution is 6.74. The first-order valence-electron chi connectivity index (χ1n) is 12.9. The van der Waals surface area contributed by atoms with Crippen LogP contribution in [0, 0.1) is 6.92 Å². The zero-order chi connectivity index (χ0) is 27.2. The molecule has 0 aliphatic carbocycles. The van der Waals surface area contributed by atoms with E-state index in [2.05, 4.69) is 59.1 Å². The summed E-state index contributed by atoms with van der Waals surface area (Å²) in [5.74, 6) is 0.677. The molecule has 10 nitrogen and oxygen atoms in total. The van der Waals surface area contributed by atoms with Gasteiger partial charge in [0.2, 0.25) is 5.89 Å². The average Bonchev–Trinajstić information content (AvgIpc) is 3.56. The number of nitrogens with one attached hydrogen (secondary N) is 1. The molecule has 0 spiro atoms. The predicted molar refractivity (Wildman–Crippen MR) is 150 cm³/mol. The number of nitrogens with zero attached hydrogens (tertiary/aromatic N) is 6. The van der Waals surface area contributed by atoms with E-state index >= 15 is 0 Å². The van der Waals surface area contributed by atoms with Crippen molar-refractivity contribution in [2.75, 3.05) is 23.3 Å². The van der Waals surface area contributed by atoms with Crippen LogP contribution in [0.1, 0.15) is 43.4 Å². The van der Waals surface area contributed by atoms with E-state index in [4.69, 9.17) is 13.8 Å². The third-order valence-corrected chi connectivity index (χ3v) is 12.0. The van der Waals surface area contributed by atoms with Crippen molar-refractivity contribution in [3.05, 3.63) is 48.2 Å². The number of anilines is 2. The lowest BCUT2D eigenvalue weighted by Crippen LogP contribution is -2.44. The van der Waals surface area contributed by atoms with E-state index in [-0.39, 0.29) is 22.7 Å². The molecule has 1 fully saturated rings. The van der Waals surface area contributed by atoms with E-state index in [1.54, 1.807) is 16.9 Å². The van der Waals surface area contributed by atoms with Crippen LogP contribution in [0.3, 0.4) is 0 Å². The Morgan fingerprint density at radius 2 is 2.03 bits per heavy atom. The summed E-state index contributed by atoms with van der Waals surface area (Å²) in [5.41, 5.74) is 3.03. The summed E-state index contributed by atoms with van der Waals surface area (Å²) >= 11 is 0. The molecule has 0 radical (unpaired) electrons. The summed E-state index contributed by atoms with van der Waals surface area (Å²) in [6.07, 6.45) is 5.96. The fraction of sp³-hybridized carbons (Fsp3) is 0.444. The Kier molecular flexibility index (Phi) is 6.60. The molecular weight excluding hydrogens is 498 g/mol. The number of fused-ring (bicyclic) bond motifs is 1. The van der Waals surface area contributed by atoms with E-state index in [1.807, 2.05) is 32.3 Å². The first kappa shape index (κ1) is 26.1. The van der Waals surface area contributed by atoms with Gasteiger partial charge in [0, 0.05) is 49.2 Å². The smallest absolute Gasteiger partial charge is 0.277 e. The number of pyridine rings is 2. The Hall–Kier alpha value is -3.57. The van der Waals surface area contributed by atoms with Crippen molar-refractivity contribution in [3.8, 4) is 11.5 Å². The van der Waals surface area contributed by atoms with Crippen LogP contribution in [-0.4, -0.2) is 58.2 Å². The van der Waals surface area contributed by atoms with Crippen molar-refractivity contribution < 1.29 is 13.6 Å². The maximum absolute atomic E-state index is 13.3. The van der Waals surface area contributed by atoms with Crippen LogP contribution in [0.15, 0.2) is 41.3 Å². The highest BCUT2D eigenvalue weighted by Crippen LogP contribution is 2.39. The topological polar surface area (TPSA) is 111 Å². The molecule has 0 bridgehead atoms. The molecule has 5 heterocycles. The van der Waals surface area contributed by atoms with Crippen LogP contribution in [0.4, 0.5) is 11.5 Å². The number of oxazole rings is 1. The van der Waals surface area contributed by atoms with Gasteiger partial charge in [0.1, 0.15) is 6.26 Å². The minimum atomic E-state index is -1.91. The summed E-state index contributed by atoms with van der Waals surface area (Å²) in [5, 5.41) is 8.48. The number of amides is 1. The second-order valence-electron chi connectivity index (χ2n) is 11.5. The van der Waals surface area contributed by atoms with Crippen molar-refractivity contribution in [2.24, 2.45) is 7.05 Å². The number of carbonyl (C=O) groups excluding carboxylic acids is 1. The van der Waals surface area contributed by atoms with Crippen LogP contribution in [0.5, 0.6) is 0 Å². The maximum Gasteiger partial charge on any atom is 0.277 e. The number of hydrogen-bond donors (Lipinski definition) is 1. The molecule has 38 heavy (non-hydrogen) atoms. The fourth-order valence-corrected chi connectivity index (χ4v) is 5.76. The summed E-state index contributed by atoms with van der Waals surface area (Å²) in [6.45, 7) is 14.7. The van der Waals surface area contributed by atoms with E-state index in [1.165, 1.54) is 6.26 Å². The van der Waals surface area contributed by atoms with E-state index < -0.39 is 8.32 Å². The van der Waals surface area contributed by atoms with Gasteiger partial charge in [-0.3, -0.25) is 14.5 Å². The lowest BCUT2D eigenvalue weighted by atomic mass is 10.2. The Morgan fingerprint density at radius 3 is 2.76 bits per heavy atom. The van der Waals surface area contributed by atoms with Crippen LogP contribution >= 0.6 is 0 Å². The Balaban J connectivity index is 1.40. The number of carbonyl (C=O) groups is 1. The molecule has 1 unspecified atom stereocenters. The molecule has 1 aliphatic heterocycles. The number of aryl methyl sites for hydroxylation is 2.